The van der Waals surface area contributed by atoms with Gasteiger partial charge in [0.25, 0.3) is 5.91 Å². The number of pyridine rings is 1. The van der Waals surface area contributed by atoms with Crippen LogP contribution in [0, 0.1) is 0 Å². The molecule has 0 unspecified atom stereocenters. The smallest absolute Gasteiger partial charge is 0.260 e. The summed E-state index contributed by atoms with van der Waals surface area (Å²) in [5.41, 5.74) is 1.83. The molecule has 0 fully saturated rings. The molecule has 5 nitrogen and oxygen atoms in total. The molecule has 1 amide bonds. The molecule has 0 radical (unpaired) electrons. The lowest BCUT2D eigenvalue weighted by Gasteiger charge is -2.20. The number of fused-ring (bicyclic) bond motifs is 1. The minimum atomic E-state index is -0.0710. The Morgan fingerprint density at radius 3 is 2.79 bits per heavy atom. The Bertz CT molecular complexity index is 830. The van der Waals surface area contributed by atoms with Crippen molar-refractivity contribution in [1.29, 1.82) is 0 Å². The zero-order valence-electron chi connectivity index (χ0n) is 13.4. The topological polar surface area (TPSA) is 46.8 Å². The van der Waals surface area contributed by atoms with Gasteiger partial charge in [-0.2, -0.15) is 0 Å². The predicted octanol–water partition coefficient (Wildman–Crippen LogP) is 3.42. The minimum absolute atomic E-state index is 0.00773. The Morgan fingerprint density at radius 2 is 2.04 bits per heavy atom. The number of rotatable bonds is 6. The van der Waals surface area contributed by atoms with Crippen LogP contribution in [0.15, 0.2) is 54.9 Å². The van der Waals surface area contributed by atoms with Crippen molar-refractivity contribution in [1.82, 2.24) is 14.3 Å². The van der Waals surface area contributed by atoms with Gasteiger partial charge in [-0.05, 0) is 43.3 Å². The van der Waals surface area contributed by atoms with E-state index in [1.54, 1.807) is 35.4 Å². The molecular weight excluding hydrogens is 326 g/mol. The maximum atomic E-state index is 12.4. The lowest BCUT2D eigenvalue weighted by atomic mass is 10.3. The fourth-order valence-electron chi connectivity index (χ4n) is 2.44. The van der Waals surface area contributed by atoms with E-state index in [0.29, 0.717) is 23.9 Å². The van der Waals surface area contributed by atoms with Crippen molar-refractivity contribution in [2.45, 2.75) is 13.5 Å². The summed E-state index contributed by atoms with van der Waals surface area (Å²) in [6.45, 7) is 3.03. The summed E-state index contributed by atoms with van der Waals surface area (Å²) < 4.78 is 7.52. The minimum Gasteiger partial charge on any atom is -0.484 e. The number of amides is 1. The average molecular weight is 344 g/mol. The highest BCUT2D eigenvalue weighted by atomic mass is 35.5. The number of likely N-dealkylation sites (N-methyl/N-ethyl adjacent to an activating group) is 1. The number of hydrogen-bond acceptors (Lipinski definition) is 3. The summed E-state index contributed by atoms with van der Waals surface area (Å²) in [5.74, 6) is 0.553. The Balaban J connectivity index is 1.64. The third-order valence-electron chi connectivity index (χ3n) is 3.76. The summed E-state index contributed by atoms with van der Waals surface area (Å²) in [5, 5.41) is 0.636. The van der Waals surface area contributed by atoms with Crippen molar-refractivity contribution < 1.29 is 9.53 Å². The molecule has 6 heteroatoms. The molecule has 0 atom stereocenters. The van der Waals surface area contributed by atoms with Crippen molar-refractivity contribution in [3.05, 3.63) is 65.6 Å². The zero-order valence-corrected chi connectivity index (χ0v) is 14.1. The number of nitrogens with zero attached hydrogens (tertiary/aromatic N) is 3. The number of halogens is 1. The molecule has 0 saturated carbocycles. The first-order chi connectivity index (χ1) is 11.7. The van der Waals surface area contributed by atoms with E-state index in [1.165, 1.54) is 0 Å². The molecule has 2 heterocycles. The summed E-state index contributed by atoms with van der Waals surface area (Å²) in [7, 11) is 0. The van der Waals surface area contributed by atoms with E-state index < -0.39 is 0 Å². The van der Waals surface area contributed by atoms with Gasteiger partial charge in [0.15, 0.2) is 6.61 Å². The second kappa shape index (κ2) is 7.36. The monoisotopic (exact) mass is 343 g/mol. The van der Waals surface area contributed by atoms with Crippen molar-refractivity contribution in [3.63, 3.8) is 0 Å². The van der Waals surface area contributed by atoms with Crippen LogP contribution in [-0.2, 0) is 11.3 Å². The van der Waals surface area contributed by atoms with E-state index in [9.17, 15) is 4.79 Å². The predicted molar refractivity (Wildman–Crippen MR) is 93.2 cm³/mol. The molecule has 0 aliphatic heterocycles. The van der Waals surface area contributed by atoms with E-state index in [1.807, 2.05) is 35.7 Å². The molecule has 0 bridgehead atoms. The first-order valence-corrected chi connectivity index (χ1v) is 8.12. The Kier molecular flexibility index (Phi) is 5.01. The number of carbonyl (C=O) groups excluding carboxylic acids is 1. The van der Waals surface area contributed by atoms with Crippen molar-refractivity contribution in [2.24, 2.45) is 0 Å². The normalized spacial score (nSPS) is 10.8. The van der Waals surface area contributed by atoms with Crippen molar-refractivity contribution >= 4 is 23.2 Å². The van der Waals surface area contributed by atoms with Gasteiger partial charge < -0.3 is 14.0 Å². The molecular formula is C18H18ClN3O2. The van der Waals surface area contributed by atoms with Gasteiger partial charge in [0, 0.05) is 17.8 Å². The van der Waals surface area contributed by atoms with Gasteiger partial charge in [-0.3, -0.25) is 4.79 Å². The zero-order chi connectivity index (χ0) is 16.9. The molecule has 124 valence electrons. The Labute approximate surface area is 145 Å². The van der Waals surface area contributed by atoms with Gasteiger partial charge in [-0.15, -0.1) is 0 Å². The molecule has 0 aliphatic rings. The van der Waals surface area contributed by atoms with E-state index in [2.05, 4.69) is 4.98 Å². The molecule has 1 aromatic carbocycles. The molecule has 3 aromatic rings. The van der Waals surface area contributed by atoms with E-state index in [4.69, 9.17) is 16.3 Å². The van der Waals surface area contributed by atoms with E-state index in [0.717, 1.165) is 11.3 Å². The highest BCUT2D eigenvalue weighted by Crippen LogP contribution is 2.16. The highest BCUT2D eigenvalue weighted by Gasteiger charge is 2.15. The summed E-state index contributed by atoms with van der Waals surface area (Å²) in [6.07, 6.45) is 3.74. The van der Waals surface area contributed by atoms with Crippen LogP contribution >= 0.6 is 11.6 Å². The molecule has 2 aromatic heterocycles. The quantitative estimate of drug-likeness (QED) is 0.689. The van der Waals surface area contributed by atoms with Gasteiger partial charge in [-0.25, -0.2) is 4.98 Å². The number of benzene rings is 1. The van der Waals surface area contributed by atoms with Crippen LogP contribution in [0.4, 0.5) is 0 Å². The first-order valence-electron chi connectivity index (χ1n) is 7.74. The van der Waals surface area contributed by atoms with Gasteiger partial charge in [-0.1, -0.05) is 17.7 Å². The number of ether oxygens (including phenoxy) is 1. The number of aromatic nitrogens is 2. The molecule has 0 spiro atoms. The van der Waals surface area contributed by atoms with Gasteiger partial charge in [0.2, 0.25) is 0 Å². The standard InChI is InChI=1S/C18H18ClN3O2/c1-2-21(12-15-11-20-17-5-3-4-10-22(15)17)18(23)13-24-16-8-6-14(19)7-9-16/h3-11H,2,12-13H2,1H3. The molecule has 3 rings (SSSR count). The fraction of sp³-hybridized carbons (Fsp3) is 0.222. The third kappa shape index (κ3) is 3.68. The maximum Gasteiger partial charge on any atom is 0.260 e. The third-order valence-corrected chi connectivity index (χ3v) is 4.01. The van der Waals surface area contributed by atoms with Crippen LogP contribution in [0.5, 0.6) is 5.75 Å². The number of carbonyl (C=O) groups is 1. The van der Waals surface area contributed by atoms with Crippen molar-refractivity contribution in [2.75, 3.05) is 13.2 Å². The maximum absolute atomic E-state index is 12.4. The summed E-state index contributed by atoms with van der Waals surface area (Å²) in [4.78, 5) is 18.5. The highest BCUT2D eigenvalue weighted by molar-refractivity contribution is 6.30. The summed E-state index contributed by atoms with van der Waals surface area (Å²) in [6, 6.07) is 12.8. The van der Waals surface area contributed by atoms with Crippen LogP contribution in [0.1, 0.15) is 12.6 Å². The Hall–Kier alpha value is -2.53. The van der Waals surface area contributed by atoms with Crippen molar-refractivity contribution in [3.8, 4) is 5.75 Å². The number of imidazole rings is 1. The molecule has 0 saturated heterocycles. The SMILES string of the molecule is CCN(Cc1cnc2ccccn12)C(=O)COc1ccc(Cl)cc1. The van der Waals surface area contributed by atoms with Crippen LogP contribution in [0.2, 0.25) is 5.02 Å². The number of hydrogen-bond donors (Lipinski definition) is 0. The molecule has 24 heavy (non-hydrogen) atoms. The van der Waals surface area contributed by atoms with Gasteiger partial charge in [0.1, 0.15) is 11.4 Å². The van der Waals surface area contributed by atoms with E-state index >= 15 is 0 Å². The second-order valence-electron chi connectivity index (χ2n) is 5.33. The first kappa shape index (κ1) is 16.3. The summed E-state index contributed by atoms with van der Waals surface area (Å²) >= 11 is 5.84. The fourth-order valence-corrected chi connectivity index (χ4v) is 2.57. The van der Waals surface area contributed by atoms with Crippen LogP contribution < -0.4 is 4.74 Å². The van der Waals surface area contributed by atoms with Crippen LogP contribution in [0.25, 0.3) is 5.65 Å². The lowest BCUT2D eigenvalue weighted by Crippen LogP contribution is -2.34. The largest absolute Gasteiger partial charge is 0.484 e. The molecule has 0 aliphatic carbocycles. The second-order valence-corrected chi connectivity index (χ2v) is 5.77. The van der Waals surface area contributed by atoms with Gasteiger partial charge >= 0.3 is 0 Å². The van der Waals surface area contributed by atoms with Gasteiger partial charge in [0.05, 0.1) is 18.4 Å². The lowest BCUT2D eigenvalue weighted by molar-refractivity contribution is -0.133. The van der Waals surface area contributed by atoms with E-state index in [-0.39, 0.29) is 12.5 Å². The Morgan fingerprint density at radius 1 is 1.25 bits per heavy atom. The molecule has 0 N–H and O–H groups in total. The average Bonchev–Trinajstić information content (AvgIpc) is 3.02. The van der Waals surface area contributed by atoms with Crippen LogP contribution in [0.3, 0.4) is 0 Å². The van der Waals surface area contributed by atoms with Crippen LogP contribution in [-0.4, -0.2) is 33.3 Å².